The fraction of sp³-hybridized carbons (Fsp3) is 0.773. The molecule has 0 radical (unpaired) electrons. The van der Waals surface area contributed by atoms with Crippen molar-refractivity contribution in [3.63, 3.8) is 0 Å². The van der Waals surface area contributed by atoms with Crippen molar-refractivity contribution in [2.45, 2.75) is 90.1 Å². The van der Waals surface area contributed by atoms with Gasteiger partial charge in [-0.3, -0.25) is 9.59 Å². The van der Waals surface area contributed by atoms with Crippen LogP contribution in [-0.2, 0) is 13.0 Å². The highest BCUT2D eigenvalue weighted by Crippen LogP contribution is 2.25. The second kappa shape index (κ2) is 8.66. The summed E-state index contributed by atoms with van der Waals surface area (Å²) in [5, 5.41) is 3.22. The predicted molar refractivity (Wildman–Crippen MR) is 108 cm³/mol. The van der Waals surface area contributed by atoms with E-state index in [9.17, 15) is 9.59 Å². The number of likely N-dealkylation sites (tertiary alicyclic amines) is 1. The largest absolute Gasteiger partial charge is 0.347 e. The molecule has 6 heteroatoms. The van der Waals surface area contributed by atoms with Crippen LogP contribution in [0.1, 0.15) is 97.9 Å². The van der Waals surface area contributed by atoms with Crippen molar-refractivity contribution in [3.8, 4) is 0 Å². The van der Waals surface area contributed by atoms with Gasteiger partial charge < -0.3 is 14.8 Å². The minimum atomic E-state index is -0.0960. The highest BCUT2D eigenvalue weighted by molar-refractivity contribution is 5.97. The molecule has 1 aliphatic carbocycles. The van der Waals surface area contributed by atoms with Crippen LogP contribution in [0.3, 0.4) is 0 Å². The number of nitrogens with zero attached hydrogens (tertiary/aromatic N) is 3. The molecule has 2 aliphatic heterocycles. The first kappa shape index (κ1) is 19.5. The molecule has 0 bridgehead atoms. The van der Waals surface area contributed by atoms with Gasteiger partial charge >= 0.3 is 0 Å². The van der Waals surface area contributed by atoms with Crippen LogP contribution in [0.2, 0.25) is 0 Å². The van der Waals surface area contributed by atoms with Crippen LogP contribution in [0.25, 0.3) is 0 Å². The van der Waals surface area contributed by atoms with Crippen LogP contribution in [0.15, 0.2) is 0 Å². The van der Waals surface area contributed by atoms with Gasteiger partial charge in [-0.1, -0.05) is 32.6 Å². The van der Waals surface area contributed by atoms with Gasteiger partial charge in [0.15, 0.2) is 5.82 Å². The van der Waals surface area contributed by atoms with Crippen LogP contribution in [0.5, 0.6) is 0 Å². The lowest BCUT2D eigenvalue weighted by atomic mass is 9.98. The Morgan fingerprint density at radius 3 is 2.36 bits per heavy atom. The molecule has 2 amide bonds. The Kier molecular flexibility index (Phi) is 6.02. The second-order valence-electron chi connectivity index (χ2n) is 8.98. The van der Waals surface area contributed by atoms with Crippen LogP contribution in [0.4, 0.5) is 0 Å². The molecule has 4 rings (SSSR count). The molecule has 3 heterocycles. The topological polar surface area (TPSA) is 67.2 Å². The molecule has 154 valence electrons. The molecule has 3 aliphatic rings. The van der Waals surface area contributed by atoms with E-state index in [4.69, 9.17) is 0 Å². The lowest BCUT2D eigenvalue weighted by Gasteiger charge is -2.30. The van der Waals surface area contributed by atoms with Crippen molar-refractivity contribution in [2.24, 2.45) is 5.92 Å². The first-order valence-corrected chi connectivity index (χ1v) is 11.3. The summed E-state index contributed by atoms with van der Waals surface area (Å²) in [5.41, 5.74) is 1.50. The van der Waals surface area contributed by atoms with Gasteiger partial charge in [0, 0.05) is 25.7 Å². The zero-order valence-electron chi connectivity index (χ0n) is 17.2. The van der Waals surface area contributed by atoms with Crippen molar-refractivity contribution in [3.05, 3.63) is 17.2 Å². The number of carbonyl (C=O) groups is 2. The molecule has 0 aromatic carbocycles. The van der Waals surface area contributed by atoms with E-state index in [2.05, 4.69) is 17.2 Å². The number of fused-ring (bicyclic) bond motifs is 1. The zero-order valence-corrected chi connectivity index (χ0v) is 17.2. The van der Waals surface area contributed by atoms with Crippen molar-refractivity contribution in [2.75, 3.05) is 13.1 Å². The number of imidazole rings is 1. The number of carbonyl (C=O) groups excluding carboxylic acids is 2. The van der Waals surface area contributed by atoms with Gasteiger partial charge in [-0.2, -0.15) is 0 Å². The first-order chi connectivity index (χ1) is 13.6. The molecular formula is C22H34N4O2. The Labute approximate surface area is 168 Å². The molecule has 2 fully saturated rings. The maximum atomic E-state index is 13.2. The summed E-state index contributed by atoms with van der Waals surface area (Å²) in [7, 11) is 0. The van der Waals surface area contributed by atoms with E-state index in [1.54, 1.807) is 0 Å². The molecule has 0 unspecified atom stereocenters. The smallest absolute Gasteiger partial charge is 0.287 e. The molecular weight excluding hydrogens is 352 g/mol. The molecule has 0 spiro atoms. The van der Waals surface area contributed by atoms with E-state index in [1.807, 2.05) is 9.47 Å². The standard InChI is InChI=1S/C22H34N4O2/c1-16-11-14-25(15-12-16)22(28)19-18-10-6-7-13-26(18)20(24-19)21(27)23-17-8-4-2-3-5-9-17/h16-17H,2-15H2,1H3,(H,23,27). The summed E-state index contributed by atoms with van der Waals surface area (Å²) in [5.74, 6) is 1.06. The minimum absolute atomic E-state index is 0.0195. The molecule has 1 saturated heterocycles. The number of nitrogens with one attached hydrogen (secondary N) is 1. The molecule has 28 heavy (non-hydrogen) atoms. The normalized spacial score (nSPS) is 21.8. The van der Waals surface area contributed by atoms with Crippen molar-refractivity contribution in [1.82, 2.24) is 19.8 Å². The van der Waals surface area contributed by atoms with Gasteiger partial charge in [0.25, 0.3) is 11.8 Å². The van der Waals surface area contributed by atoms with Gasteiger partial charge in [-0.15, -0.1) is 0 Å². The van der Waals surface area contributed by atoms with Gasteiger partial charge in [0.05, 0.1) is 5.69 Å². The Morgan fingerprint density at radius 1 is 0.929 bits per heavy atom. The molecule has 6 nitrogen and oxygen atoms in total. The van der Waals surface area contributed by atoms with Crippen molar-refractivity contribution >= 4 is 11.8 Å². The number of aromatic nitrogens is 2. The first-order valence-electron chi connectivity index (χ1n) is 11.3. The fourth-order valence-corrected chi connectivity index (χ4v) is 4.92. The quantitative estimate of drug-likeness (QED) is 0.808. The van der Waals surface area contributed by atoms with Gasteiger partial charge in [-0.05, 0) is 50.9 Å². The van der Waals surface area contributed by atoms with E-state index in [1.165, 1.54) is 25.7 Å². The Balaban J connectivity index is 1.54. The zero-order chi connectivity index (χ0) is 19.5. The molecule has 1 aromatic heterocycles. The molecule has 1 saturated carbocycles. The van der Waals surface area contributed by atoms with Crippen LogP contribution < -0.4 is 5.32 Å². The summed E-state index contributed by atoms with van der Waals surface area (Å²) in [4.78, 5) is 32.8. The average molecular weight is 387 g/mol. The van der Waals surface area contributed by atoms with Crippen molar-refractivity contribution in [1.29, 1.82) is 0 Å². The summed E-state index contributed by atoms with van der Waals surface area (Å²) < 4.78 is 2.02. The Bertz CT molecular complexity index is 710. The Morgan fingerprint density at radius 2 is 1.64 bits per heavy atom. The molecule has 0 atom stereocenters. The van der Waals surface area contributed by atoms with Crippen LogP contribution >= 0.6 is 0 Å². The maximum Gasteiger partial charge on any atom is 0.287 e. The van der Waals surface area contributed by atoms with E-state index < -0.39 is 0 Å². The SMILES string of the molecule is CC1CCN(C(=O)c2nc(C(=O)NC3CCCCCC3)n3c2CCCC3)CC1. The van der Waals surface area contributed by atoms with Crippen molar-refractivity contribution < 1.29 is 9.59 Å². The predicted octanol–water partition coefficient (Wildman–Crippen LogP) is 3.54. The average Bonchev–Trinajstić information content (AvgIpc) is 2.91. The highest BCUT2D eigenvalue weighted by Gasteiger charge is 2.31. The lowest BCUT2D eigenvalue weighted by Crippen LogP contribution is -2.38. The molecule has 1 N–H and O–H groups in total. The van der Waals surface area contributed by atoms with E-state index in [-0.39, 0.29) is 17.9 Å². The summed E-state index contributed by atoms with van der Waals surface area (Å²) in [6.45, 7) is 4.64. The summed E-state index contributed by atoms with van der Waals surface area (Å²) >= 11 is 0. The number of hydrogen-bond acceptors (Lipinski definition) is 3. The van der Waals surface area contributed by atoms with Gasteiger partial charge in [0.2, 0.25) is 0 Å². The third-order valence-corrected chi connectivity index (χ3v) is 6.78. The maximum absolute atomic E-state index is 13.2. The monoisotopic (exact) mass is 386 g/mol. The number of rotatable bonds is 3. The van der Waals surface area contributed by atoms with Gasteiger partial charge in [-0.25, -0.2) is 4.98 Å². The number of amides is 2. The third kappa shape index (κ3) is 4.11. The number of piperidine rings is 1. The van der Waals surface area contributed by atoms with E-state index >= 15 is 0 Å². The number of hydrogen-bond donors (Lipinski definition) is 1. The van der Waals surface area contributed by atoms with Crippen LogP contribution in [-0.4, -0.2) is 45.4 Å². The summed E-state index contributed by atoms with van der Waals surface area (Å²) in [6, 6.07) is 0.245. The third-order valence-electron chi connectivity index (χ3n) is 6.78. The fourth-order valence-electron chi connectivity index (χ4n) is 4.92. The van der Waals surface area contributed by atoms with E-state index in [0.717, 1.165) is 70.3 Å². The second-order valence-corrected chi connectivity index (χ2v) is 8.98. The van der Waals surface area contributed by atoms with E-state index in [0.29, 0.717) is 17.4 Å². The van der Waals surface area contributed by atoms with Gasteiger partial charge in [0.1, 0.15) is 5.69 Å². The lowest BCUT2D eigenvalue weighted by molar-refractivity contribution is 0.0690. The Hall–Kier alpha value is -1.85. The highest BCUT2D eigenvalue weighted by atomic mass is 16.2. The summed E-state index contributed by atoms with van der Waals surface area (Å²) in [6.07, 6.45) is 12.0. The van der Waals surface area contributed by atoms with Crippen LogP contribution in [0, 0.1) is 5.92 Å². The molecule has 1 aromatic rings. The minimum Gasteiger partial charge on any atom is -0.347 e.